The topological polar surface area (TPSA) is 15.6 Å². The summed E-state index contributed by atoms with van der Waals surface area (Å²) in [6, 6.07) is 0.780. The van der Waals surface area contributed by atoms with Crippen molar-refractivity contribution in [3.8, 4) is 0 Å². The lowest BCUT2D eigenvalue weighted by atomic mass is 10.0. The summed E-state index contributed by atoms with van der Waals surface area (Å²) in [6.45, 7) is 3.61. The number of nitrogens with zero attached hydrogens (tertiary/aromatic N) is 2. The van der Waals surface area contributed by atoms with Crippen LogP contribution in [0.5, 0.6) is 0 Å². The van der Waals surface area contributed by atoms with Crippen molar-refractivity contribution in [3.05, 3.63) is 0 Å². The Kier molecular flexibility index (Phi) is 2.22. The average molecular weight is 152 g/mol. The van der Waals surface area contributed by atoms with E-state index in [0.717, 1.165) is 19.0 Å². The minimum Gasteiger partial charge on any atom is -0.298 e. The average Bonchev–Trinajstić information content (AvgIpc) is 2.28. The van der Waals surface area contributed by atoms with E-state index in [1.807, 2.05) is 0 Å². The maximum atomic E-state index is 4.39. The van der Waals surface area contributed by atoms with Crippen LogP contribution in [0, 0.1) is 0 Å². The molecule has 11 heavy (non-hydrogen) atoms. The van der Waals surface area contributed by atoms with Gasteiger partial charge in [-0.25, -0.2) is 0 Å². The van der Waals surface area contributed by atoms with Crippen LogP contribution < -0.4 is 0 Å². The molecular formula is C9H16N2. The Hall–Kier alpha value is -0.370. The van der Waals surface area contributed by atoms with Gasteiger partial charge in [0.1, 0.15) is 0 Å². The van der Waals surface area contributed by atoms with Crippen LogP contribution in [0.2, 0.25) is 0 Å². The zero-order chi connectivity index (χ0) is 7.52. The van der Waals surface area contributed by atoms with Crippen LogP contribution >= 0.6 is 0 Å². The molecule has 2 nitrogen and oxygen atoms in total. The molecule has 2 heterocycles. The molecule has 2 rings (SSSR count). The zero-order valence-electron chi connectivity index (χ0n) is 7.00. The fourth-order valence-electron chi connectivity index (χ4n) is 2.07. The number of hydrogen-bond donors (Lipinski definition) is 0. The number of aliphatic imine (C=N–C) groups is 1. The highest BCUT2D eigenvalue weighted by atomic mass is 15.2. The first-order valence-electron chi connectivity index (χ1n) is 4.69. The molecule has 1 fully saturated rings. The van der Waals surface area contributed by atoms with Gasteiger partial charge in [0, 0.05) is 18.8 Å². The third-order valence-electron chi connectivity index (χ3n) is 2.74. The van der Waals surface area contributed by atoms with Gasteiger partial charge in [-0.3, -0.25) is 9.89 Å². The van der Waals surface area contributed by atoms with Gasteiger partial charge in [-0.05, 0) is 25.8 Å². The summed E-state index contributed by atoms with van der Waals surface area (Å²) in [7, 11) is 0. The number of piperidine rings is 1. The molecule has 0 spiro atoms. The van der Waals surface area contributed by atoms with Gasteiger partial charge in [0.15, 0.2) is 0 Å². The van der Waals surface area contributed by atoms with Crippen LogP contribution in [0.25, 0.3) is 0 Å². The Morgan fingerprint density at radius 3 is 3.27 bits per heavy atom. The number of fused-ring (bicyclic) bond motifs is 1. The molecule has 0 aliphatic carbocycles. The molecule has 62 valence electrons. The van der Waals surface area contributed by atoms with E-state index in [1.165, 1.54) is 32.4 Å². The Labute approximate surface area is 68.3 Å². The van der Waals surface area contributed by atoms with Gasteiger partial charge in [-0.2, -0.15) is 0 Å². The van der Waals surface area contributed by atoms with E-state index in [2.05, 4.69) is 16.1 Å². The molecular weight excluding hydrogens is 136 g/mol. The number of rotatable bonds is 0. The molecule has 0 aromatic heterocycles. The molecule has 0 saturated carbocycles. The maximum Gasteiger partial charge on any atom is 0.0541 e. The van der Waals surface area contributed by atoms with E-state index in [4.69, 9.17) is 0 Å². The second-order valence-electron chi connectivity index (χ2n) is 3.52. The molecule has 0 aromatic carbocycles. The normalized spacial score (nSPS) is 32.9. The summed E-state index contributed by atoms with van der Waals surface area (Å²) in [6.07, 6.45) is 7.44. The standard InChI is InChI=1S/C9H16N2/c1-2-6-11-7-3-5-10-8-9(11)4-1/h5,9H,1-4,6-8H2. The Morgan fingerprint density at radius 2 is 2.27 bits per heavy atom. The van der Waals surface area contributed by atoms with E-state index in [-0.39, 0.29) is 0 Å². The maximum absolute atomic E-state index is 4.39. The Bertz CT molecular complexity index is 154. The van der Waals surface area contributed by atoms with Gasteiger partial charge in [0.25, 0.3) is 0 Å². The smallest absolute Gasteiger partial charge is 0.0541 e. The van der Waals surface area contributed by atoms with Crippen molar-refractivity contribution in [3.63, 3.8) is 0 Å². The first-order chi connectivity index (χ1) is 5.47. The summed E-state index contributed by atoms with van der Waals surface area (Å²) in [5.74, 6) is 0. The summed E-state index contributed by atoms with van der Waals surface area (Å²) >= 11 is 0. The second-order valence-corrected chi connectivity index (χ2v) is 3.52. The van der Waals surface area contributed by atoms with Gasteiger partial charge in [0.05, 0.1) is 6.54 Å². The van der Waals surface area contributed by atoms with E-state index in [1.54, 1.807) is 0 Å². The zero-order valence-corrected chi connectivity index (χ0v) is 7.00. The van der Waals surface area contributed by atoms with Gasteiger partial charge < -0.3 is 0 Å². The third kappa shape index (κ3) is 1.62. The molecule has 2 aliphatic rings. The van der Waals surface area contributed by atoms with Crippen LogP contribution in [0.3, 0.4) is 0 Å². The van der Waals surface area contributed by atoms with Crippen LogP contribution in [-0.2, 0) is 0 Å². The first kappa shape index (κ1) is 7.29. The summed E-state index contributed by atoms with van der Waals surface area (Å²) < 4.78 is 0. The minimum absolute atomic E-state index is 0.780. The summed E-state index contributed by atoms with van der Waals surface area (Å²) in [5, 5.41) is 0. The Balaban J connectivity index is 1.98. The monoisotopic (exact) mass is 152 g/mol. The largest absolute Gasteiger partial charge is 0.298 e. The Morgan fingerprint density at radius 1 is 1.27 bits per heavy atom. The van der Waals surface area contributed by atoms with Gasteiger partial charge >= 0.3 is 0 Å². The lowest BCUT2D eigenvalue weighted by molar-refractivity contribution is 0.162. The van der Waals surface area contributed by atoms with Crippen molar-refractivity contribution in [1.82, 2.24) is 4.90 Å². The predicted octanol–water partition coefficient (Wildman–Crippen LogP) is 1.32. The van der Waals surface area contributed by atoms with Crippen molar-refractivity contribution in [2.45, 2.75) is 31.7 Å². The SMILES string of the molecule is C1=NCC2CCCCN2CC1. The molecule has 1 unspecified atom stereocenters. The van der Waals surface area contributed by atoms with Crippen molar-refractivity contribution in [2.75, 3.05) is 19.6 Å². The lowest BCUT2D eigenvalue weighted by Crippen LogP contribution is -2.40. The lowest BCUT2D eigenvalue weighted by Gasteiger charge is -2.33. The molecule has 0 aromatic rings. The van der Waals surface area contributed by atoms with E-state index >= 15 is 0 Å². The first-order valence-corrected chi connectivity index (χ1v) is 4.69. The fourth-order valence-corrected chi connectivity index (χ4v) is 2.07. The molecule has 0 radical (unpaired) electrons. The van der Waals surface area contributed by atoms with E-state index in [0.29, 0.717) is 0 Å². The molecule has 0 N–H and O–H groups in total. The highest BCUT2D eigenvalue weighted by Gasteiger charge is 2.21. The molecule has 2 heteroatoms. The van der Waals surface area contributed by atoms with E-state index in [9.17, 15) is 0 Å². The quantitative estimate of drug-likeness (QED) is 0.511. The van der Waals surface area contributed by atoms with Crippen LogP contribution in [0.4, 0.5) is 0 Å². The van der Waals surface area contributed by atoms with Gasteiger partial charge in [0.2, 0.25) is 0 Å². The van der Waals surface area contributed by atoms with E-state index < -0.39 is 0 Å². The fraction of sp³-hybridized carbons (Fsp3) is 0.889. The van der Waals surface area contributed by atoms with Gasteiger partial charge in [-0.1, -0.05) is 6.42 Å². The number of hydrogen-bond acceptors (Lipinski definition) is 2. The van der Waals surface area contributed by atoms with Crippen molar-refractivity contribution in [1.29, 1.82) is 0 Å². The second kappa shape index (κ2) is 3.35. The minimum atomic E-state index is 0.780. The molecule has 1 saturated heterocycles. The van der Waals surface area contributed by atoms with Crippen molar-refractivity contribution in [2.24, 2.45) is 4.99 Å². The van der Waals surface area contributed by atoms with Crippen molar-refractivity contribution >= 4 is 6.21 Å². The van der Waals surface area contributed by atoms with Gasteiger partial charge in [-0.15, -0.1) is 0 Å². The summed E-state index contributed by atoms with van der Waals surface area (Å²) in [5.41, 5.74) is 0. The molecule has 2 aliphatic heterocycles. The molecule has 0 bridgehead atoms. The van der Waals surface area contributed by atoms with Crippen LogP contribution in [0.15, 0.2) is 4.99 Å². The highest BCUT2D eigenvalue weighted by molar-refractivity contribution is 5.57. The third-order valence-corrected chi connectivity index (χ3v) is 2.74. The summed E-state index contributed by atoms with van der Waals surface area (Å²) in [4.78, 5) is 7.00. The molecule has 0 amide bonds. The van der Waals surface area contributed by atoms with Crippen LogP contribution in [-0.4, -0.2) is 36.8 Å². The van der Waals surface area contributed by atoms with Crippen LogP contribution in [0.1, 0.15) is 25.7 Å². The molecule has 1 atom stereocenters. The van der Waals surface area contributed by atoms with Crippen molar-refractivity contribution < 1.29 is 0 Å². The highest BCUT2D eigenvalue weighted by Crippen LogP contribution is 2.18. The predicted molar refractivity (Wildman–Crippen MR) is 47.2 cm³/mol.